The molecule has 0 saturated carbocycles. The summed E-state index contributed by atoms with van der Waals surface area (Å²) < 4.78 is 11.2. The van der Waals surface area contributed by atoms with Gasteiger partial charge in [0, 0.05) is 41.6 Å². The molecule has 1 amide bonds. The normalized spacial score (nSPS) is 23.4. The number of nitrogens with zero attached hydrogens (tertiary/aromatic N) is 1. The minimum atomic E-state index is -0.702. The van der Waals surface area contributed by atoms with Crippen LogP contribution in [0, 0.1) is 0 Å². The lowest BCUT2D eigenvalue weighted by atomic mass is 10.1. The van der Waals surface area contributed by atoms with E-state index in [0.717, 1.165) is 12.8 Å². The molecular weight excluding hydrogens is 250 g/mol. The molecule has 5 nitrogen and oxygen atoms in total. The molecular formula is C12H17N3O2S. The van der Waals surface area contributed by atoms with E-state index in [2.05, 4.69) is 15.6 Å². The number of nitrogens with one attached hydrogen (secondary N) is 2. The lowest BCUT2D eigenvalue weighted by Crippen LogP contribution is -2.39. The molecule has 0 bridgehead atoms. The first-order valence-electron chi connectivity index (χ1n) is 5.99. The summed E-state index contributed by atoms with van der Waals surface area (Å²) in [5.74, 6) is 1.81. The second-order valence-corrected chi connectivity index (χ2v) is 5.94. The lowest BCUT2D eigenvalue weighted by molar-refractivity contribution is 0.0935. The van der Waals surface area contributed by atoms with Crippen LogP contribution in [-0.4, -0.2) is 39.7 Å². The van der Waals surface area contributed by atoms with Crippen LogP contribution >= 0.6 is 0 Å². The van der Waals surface area contributed by atoms with Crippen LogP contribution < -0.4 is 10.6 Å². The first-order chi connectivity index (χ1) is 8.70. The van der Waals surface area contributed by atoms with Gasteiger partial charge >= 0.3 is 0 Å². The molecule has 18 heavy (non-hydrogen) atoms. The Morgan fingerprint density at radius 2 is 2.17 bits per heavy atom. The van der Waals surface area contributed by atoms with E-state index >= 15 is 0 Å². The van der Waals surface area contributed by atoms with Gasteiger partial charge in [0.25, 0.3) is 5.91 Å². The maximum atomic E-state index is 12.1. The maximum Gasteiger partial charge on any atom is 0.255 e. The van der Waals surface area contributed by atoms with Crippen molar-refractivity contribution in [2.45, 2.75) is 18.9 Å². The summed E-state index contributed by atoms with van der Waals surface area (Å²) in [6.07, 6.45) is 3.22. The Morgan fingerprint density at radius 3 is 2.83 bits per heavy atom. The summed E-state index contributed by atoms with van der Waals surface area (Å²) in [5.41, 5.74) is 0.548. The highest BCUT2D eigenvalue weighted by Gasteiger charge is 2.21. The van der Waals surface area contributed by atoms with Gasteiger partial charge in [-0.15, -0.1) is 0 Å². The second-order valence-electron chi connectivity index (χ2n) is 4.25. The molecule has 98 valence electrons. The van der Waals surface area contributed by atoms with Gasteiger partial charge in [-0.3, -0.25) is 9.00 Å². The molecule has 6 heteroatoms. The Kier molecular flexibility index (Phi) is 4.30. The molecule has 1 saturated heterocycles. The van der Waals surface area contributed by atoms with E-state index in [4.69, 9.17) is 0 Å². The SMILES string of the molecule is CNc1ncccc1C(=O)NC1CCS(=O)CC1. The minimum Gasteiger partial charge on any atom is -0.372 e. The minimum absolute atomic E-state index is 0.120. The third-order valence-electron chi connectivity index (χ3n) is 3.01. The van der Waals surface area contributed by atoms with Crippen molar-refractivity contribution in [1.29, 1.82) is 0 Å². The number of pyridine rings is 1. The van der Waals surface area contributed by atoms with Crippen LogP contribution in [0.4, 0.5) is 5.82 Å². The van der Waals surface area contributed by atoms with Crippen molar-refractivity contribution in [3.63, 3.8) is 0 Å². The van der Waals surface area contributed by atoms with E-state index in [1.165, 1.54) is 0 Å². The molecule has 0 spiro atoms. The van der Waals surface area contributed by atoms with Crippen LogP contribution in [0.1, 0.15) is 23.2 Å². The van der Waals surface area contributed by atoms with Crippen molar-refractivity contribution in [3.8, 4) is 0 Å². The Morgan fingerprint density at radius 1 is 1.44 bits per heavy atom. The summed E-state index contributed by atoms with van der Waals surface area (Å²) in [6, 6.07) is 3.61. The molecule has 2 heterocycles. The second kappa shape index (κ2) is 5.95. The van der Waals surface area contributed by atoms with Crippen molar-refractivity contribution in [2.75, 3.05) is 23.9 Å². The van der Waals surface area contributed by atoms with E-state index in [1.807, 2.05) is 0 Å². The molecule has 2 rings (SSSR count). The van der Waals surface area contributed by atoms with E-state index < -0.39 is 10.8 Å². The smallest absolute Gasteiger partial charge is 0.255 e. The highest BCUT2D eigenvalue weighted by Crippen LogP contribution is 2.13. The molecule has 1 aromatic heterocycles. The van der Waals surface area contributed by atoms with Crippen molar-refractivity contribution in [1.82, 2.24) is 10.3 Å². The molecule has 1 aliphatic rings. The van der Waals surface area contributed by atoms with Crippen molar-refractivity contribution >= 4 is 22.5 Å². The summed E-state index contributed by atoms with van der Waals surface area (Å²) >= 11 is 0. The number of carbonyl (C=O) groups is 1. The fraction of sp³-hybridized carbons (Fsp3) is 0.500. The first-order valence-corrected chi connectivity index (χ1v) is 7.48. The van der Waals surface area contributed by atoms with E-state index in [0.29, 0.717) is 22.9 Å². The monoisotopic (exact) mass is 267 g/mol. The quantitative estimate of drug-likeness (QED) is 0.848. The molecule has 2 N–H and O–H groups in total. The highest BCUT2D eigenvalue weighted by molar-refractivity contribution is 7.85. The van der Waals surface area contributed by atoms with E-state index in [1.54, 1.807) is 25.4 Å². The zero-order chi connectivity index (χ0) is 13.0. The van der Waals surface area contributed by atoms with Gasteiger partial charge in [-0.2, -0.15) is 0 Å². The fourth-order valence-electron chi connectivity index (χ4n) is 1.99. The Bertz CT molecular complexity index is 454. The number of amides is 1. The summed E-state index contributed by atoms with van der Waals surface area (Å²) in [7, 11) is 1.04. The number of carbonyl (C=O) groups excluding carboxylic acids is 1. The molecule has 0 unspecified atom stereocenters. The Labute approximate surface area is 109 Å². The number of hydrogen-bond acceptors (Lipinski definition) is 4. The number of rotatable bonds is 3. The van der Waals surface area contributed by atoms with Crippen LogP contribution in [0.3, 0.4) is 0 Å². The summed E-state index contributed by atoms with van der Waals surface area (Å²) in [6.45, 7) is 0. The first kappa shape index (κ1) is 13.0. The molecule has 1 aromatic rings. The van der Waals surface area contributed by atoms with E-state index in [9.17, 15) is 9.00 Å². The van der Waals surface area contributed by atoms with Crippen LogP contribution in [0.25, 0.3) is 0 Å². The molecule has 1 fully saturated rings. The van der Waals surface area contributed by atoms with Gasteiger partial charge in [0.2, 0.25) is 0 Å². The van der Waals surface area contributed by atoms with Crippen LogP contribution in [0.15, 0.2) is 18.3 Å². The standard InChI is InChI=1S/C12H17N3O2S/c1-13-11-10(3-2-6-14-11)12(16)15-9-4-7-18(17)8-5-9/h2-3,6,9H,4-5,7-8H2,1H3,(H,13,14)(H,15,16). The third-order valence-corrected chi connectivity index (χ3v) is 4.39. The lowest BCUT2D eigenvalue weighted by Gasteiger charge is -2.22. The van der Waals surface area contributed by atoms with Crippen LogP contribution in [-0.2, 0) is 10.8 Å². The largest absolute Gasteiger partial charge is 0.372 e. The number of hydrogen-bond donors (Lipinski definition) is 2. The summed E-state index contributed by atoms with van der Waals surface area (Å²) in [5, 5.41) is 5.88. The molecule has 0 atom stereocenters. The summed E-state index contributed by atoms with van der Waals surface area (Å²) in [4.78, 5) is 16.2. The number of anilines is 1. The Hall–Kier alpha value is -1.43. The van der Waals surface area contributed by atoms with Gasteiger partial charge in [0.15, 0.2) is 0 Å². The van der Waals surface area contributed by atoms with Gasteiger partial charge < -0.3 is 10.6 Å². The third kappa shape index (κ3) is 3.07. The van der Waals surface area contributed by atoms with Crippen molar-refractivity contribution < 1.29 is 9.00 Å². The molecule has 0 radical (unpaired) electrons. The van der Waals surface area contributed by atoms with Crippen molar-refractivity contribution in [3.05, 3.63) is 23.9 Å². The molecule has 0 aromatic carbocycles. The topological polar surface area (TPSA) is 71.1 Å². The van der Waals surface area contributed by atoms with Gasteiger partial charge in [0.05, 0.1) is 5.56 Å². The van der Waals surface area contributed by atoms with Crippen molar-refractivity contribution in [2.24, 2.45) is 0 Å². The average molecular weight is 267 g/mol. The molecule has 0 aliphatic carbocycles. The molecule has 1 aliphatic heterocycles. The maximum absolute atomic E-state index is 12.1. The van der Waals surface area contributed by atoms with Gasteiger partial charge in [0.1, 0.15) is 5.82 Å². The van der Waals surface area contributed by atoms with Crippen LogP contribution in [0.5, 0.6) is 0 Å². The average Bonchev–Trinajstić information content (AvgIpc) is 2.41. The van der Waals surface area contributed by atoms with Gasteiger partial charge in [-0.1, -0.05) is 0 Å². The van der Waals surface area contributed by atoms with E-state index in [-0.39, 0.29) is 11.9 Å². The van der Waals surface area contributed by atoms with Crippen LogP contribution in [0.2, 0.25) is 0 Å². The fourth-order valence-corrected chi connectivity index (χ4v) is 3.29. The van der Waals surface area contributed by atoms with Gasteiger partial charge in [-0.05, 0) is 25.0 Å². The highest BCUT2D eigenvalue weighted by atomic mass is 32.2. The Balaban J connectivity index is 2.01. The predicted molar refractivity (Wildman–Crippen MR) is 72.1 cm³/mol. The predicted octanol–water partition coefficient (Wildman–Crippen LogP) is 0.764. The zero-order valence-corrected chi connectivity index (χ0v) is 11.1. The van der Waals surface area contributed by atoms with Gasteiger partial charge in [-0.25, -0.2) is 4.98 Å². The zero-order valence-electron chi connectivity index (χ0n) is 10.3. The number of aromatic nitrogens is 1.